The van der Waals surface area contributed by atoms with Crippen molar-refractivity contribution in [3.63, 3.8) is 0 Å². The number of hydrogen-bond donors (Lipinski definition) is 3. The summed E-state index contributed by atoms with van der Waals surface area (Å²) < 4.78 is 24.1. The second-order valence-corrected chi connectivity index (χ2v) is 4.31. The van der Waals surface area contributed by atoms with Crippen LogP contribution in [0, 0.1) is 0 Å². The van der Waals surface area contributed by atoms with Gasteiger partial charge in [-0.15, -0.1) is 0 Å². The molecule has 0 aliphatic rings. The normalized spacial score (nSPS) is 10.9. The van der Waals surface area contributed by atoms with E-state index in [4.69, 9.17) is 5.84 Å². The van der Waals surface area contributed by atoms with E-state index in [1.807, 2.05) is 0 Å². The molecule has 1 aromatic carbocycles. The van der Waals surface area contributed by atoms with E-state index in [2.05, 4.69) is 10.1 Å². The van der Waals surface area contributed by atoms with Crippen molar-refractivity contribution in [1.29, 1.82) is 0 Å². The summed E-state index contributed by atoms with van der Waals surface area (Å²) in [5.74, 6) is 5.18. The molecule has 0 saturated heterocycles. The third-order valence-corrected chi connectivity index (χ3v) is 1.97. The molecule has 0 atom stereocenters. The molecule has 13 heavy (non-hydrogen) atoms. The fourth-order valence-corrected chi connectivity index (χ4v) is 1.48. The Labute approximate surface area is 77.0 Å². The standard InChI is InChI=1S/C7H11N3O2S/c1-13(11,12)10-7-5-3-2-4-6(7)9-8/h2-5,9-10H,8H2,1H3. The van der Waals surface area contributed by atoms with Crippen LogP contribution in [-0.4, -0.2) is 14.7 Å². The quantitative estimate of drug-likeness (QED) is 0.486. The van der Waals surface area contributed by atoms with Gasteiger partial charge in [-0.1, -0.05) is 12.1 Å². The highest BCUT2D eigenvalue weighted by molar-refractivity contribution is 7.92. The van der Waals surface area contributed by atoms with E-state index in [-0.39, 0.29) is 0 Å². The Hall–Kier alpha value is -1.27. The molecule has 6 heteroatoms. The molecule has 0 unspecified atom stereocenters. The first-order valence-corrected chi connectivity index (χ1v) is 5.45. The molecule has 5 nitrogen and oxygen atoms in total. The third-order valence-electron chi connectivity index (χ3n) is 1.38. The Kier molecular flexibility index (Phi) is 2.74. The van der Waals surface area contributed by atoms with Crippen LogP contribution in [-0.2, 0) is 10.0 Å². The van der Waals surface area contributed by atoms with Gasteiger partial charge in [0.2, 0.25) is 10.0 Å². The molecule has 0 amide bonds. The van der Waals surface area contributed by atoms with Gasteiger partial charge in [-0.2, -0.15) is 0 Å². The van der Waals surface area contributed by atoms with E-state index in [1.165, 1.54) is 0 Å². The minimum atomic E-state index is -3.26. The topological polar surface area (TPSA) is 84.2 Å². The molecule has 0 fully saturated rings. The number of anilines is 2. The van der Waals surface area contributed by atoms with Gasteiger partial charge in [0.05, 0.1) is 17.6 Å². The van der Waals surface area contributed by atoms with Crippen LogP contribution in [0.2, 0.25) is 0 Å². The zero-order valence-electron chi connectivity index (χ0n) is 7.11. The van der Waals surface area contributed by atoms with Gasteiger partial charge >= 0.3 is 0 Å². The van der Waals surface area contributed by atoms with Gasteiger partial charge in [-0.25, -0.2) is 8.42 Å². The summed E-state index contributed by atoms with van der Waals surface area (Å²) in [5, 5.41) is 0. The summed E-state index contributed by atoms with van der Waals surface area (Å²) in [5.41, 5.74) is 3.36. The number of nitrogens with two attached hydrogens (primary N) is 1. The number of rotatable bonds is 3. The Balaban J connectivity index is 3.01. The predicted molar refractivity (Wildman–Crippen MR) is 52.7 cm³/mol. The Morgan fingerprint density at radius 2 is 1.77 bits per heavy atom. The predicted octanol–water partition coefficient (Wildman–Crippen LogP) is 0.344. The Morgan fingerprint density at radius 1 is 1.23 bits per heavy atom. The minimum absolute atomic E-state index is 0.438. The van der Waals surface area contributed by atoms with Crippen LogP contribution in [0.3, 0.4) is 0 Å². The van der Waals surface area contributed by atoms with E-state index >= 15 is 0 Å². The maximum absolute atomic E-state index is 10.9. The molecule has 0 aliphatic heterocycles. The van der Waals surface area contributed by atoms with Crippen molar-refractivity contribution >= 4 is 21.4 Å². The summed E-state index contributed by atoms with van der Waals surface area (Å²) in [7, 11) is -3.26. The highest BCUT2D eigenvalue weighted by Gasteiger charge is 2.04. The zero-order valence-corrected chi connectivity index (χ0v) is 7.93. The van der Waals surface area contributed by atoms with E-state index in [1.54, 1.807) is 24.3 Å². The van der Waals surface area contributed by atoms with Gasteiger partial charge in [0.15, 0.2) is 0 Å². The average Bonchev–Trinajstić information content (AvgIpc) is 2.02. The number of benzene rings is 1. The van der Waals surface area contributed by atoms with Gasteiger partial charge in [0.25, 0.3) is 0 Å². The van der Waals surface area contributed by atoms with E-state index in [9.17, 15) is 8.42 Å². The molecule has 0 bridgehead atoms. The summed E-state index contributed by atoms with van der Waals surface area (Å²) in [6, 6.07) is 6.76. The highest BCUT2D eigenvalue weighted by Crippen LogP contribution is 2.20. The summed E-state index contributed by atoms with van der Waals surface area (Å²) in [4.78, 5) is 0. The first kappa shape index (κ1) is 9.82. The number of para-hydroxylation sites is 2. The van der Waals surface area contributed by atoms with Crippen molar-refractivity contribution in [3.05, 3.63) is 24.3 Å². The Morgan fingerprint density at radius 3 is 2.23 bits per heavy atom. The van der Waals surface area contributed by atoms with Crippen LogP contribution in [0.15, 0.2) is 24.3 Å². The maximum Gasteiger partial charge on any atom is 0.229 e. The molecular weight excluding hydrogens is 190 g/mol. The largest absolute Gasteiger partial charge is 0.322 e. The van der Waals surface area contributed by atoms with E-state index in [0.29, 0.717) is 11.4 Å². The smallest absolute Gasteiger partial charge is 0.229 e. The van der Waals surface area contributed by atoms with Crippen LogP contribution in [0.1, 0.15) is 0 Å². The number of sulfonamides is 1. The lowest BCUT2D eigenvalue weighted by Crippen LogP contribution is -2.14. The molecule has 0 aliphatic carbocycles. The van der Waals surface area contributed by atoms with Gasteiger partial charge in [0, 0.05) is 0 Å². The first-order valence-electron chi connectivity index (χ1n) is 3.56. The highest BCUT2D eigenvalue weighted by atomic mass is 32.2. The van der Waals surface area contributed by atoms with Gasteiger partial charge in [0.1, 0.15) is 0 Å². The third kappa shape index (κ3) is 2.92. The van der Waals surface area contributed by atoms with Crippen LogP contribution in [0.5, 0.6) is 0 Å². The molecular formula is C7H11N3O2S. The number of hydrazine groups is 1. The van der Waals surface area contributed by atoms with E-state index in [0.717, 1.165) is 6.26 Å². The van der Waals surface area contributed by atoms with Gasteiger partial charge in [-0.05, 0) is 12.1 Å². The molecule has 0 radical (unpaired) electrons. The van der Waals surface area contributed by atoms with Crippen LogP contribution < -0.4 is 16.0 Å². The second kappa shape index (κ2) is 3.63. The number of nitrogen functional groups attached to an aromatic ring is 1. The molecule has 0 heterocycles. The van der Waals surface area contributed by atoms with Crippen LogP contribution >= 0.6 is 0 Å². The fourth-order valence-electron chi connectivity index (χ4n) is 0.898. The van der Waals surface area contributed by atoms with Crippen molar-refractivity contribution < 1.29 is 8.42 Å². The van der Waals surface area contributed by atoms with Gasteiger partial charge in [-0.3, -0.25) is 10.6 Å². The number of nitrogens with one attached hydrogen (secondary N) is 2. The molecule has 4 N–H and O–H groups in total. The average molecular weight is 201 g/mol. The fraction of sp³-hybridized carbons (Fsp3) is 0.143. The summed E-state index contributed by atoms with van der Waals surface area (Å²) >= 11 is 0. The molecule has 0 spiro atoms. The van der Waals surface area contributed by atoms with Crippen LogP contribution in [0.4, 0.5) is 11.4 Å². The molecule has 72 valence electrons. The lowest BCUT2D eigenvalue weighted by atomic mass is 10.3. The summed E-state index contributed by atoms with van der Waals surface area (Å²) in [6.07, 6.45) is 1.08. The second-order valence-electron chi connectivity index (χ2n) is 2.56. The minimum Gasteiger partial charge on any atom is -0.322 e. The van der Waals surface area contributed by atoms with Crippen molar-refractivity contribution in [2.24, 2.45) is 5.84 Å². The SMILES string of the molecule is CS(=O)(=O)Nc1ccccc1NN. The maximum atomic E-state index is 10.9. The van der Waals surface area contributed by atoms with Crippen molar-refractivity contribution in [3.8, 4) is 0 Å². The van der Waals surface area contributed by atoms with Gasteiger partial charge < -0.3 is 5.43 Å². The van der Waals surface area contributed by atoms with Crippen molar-refractivity contribution in [1.82, 2.24) is 0 Å². The number of hydrogen-bond acceptors (Lipinski definition) is 4. The monoisotopic (exact) mass is 201 g/mol. The molecule has 0 aromatic heterocycles. The zero-order chi connectivity index (χ0) is 9.90. The first-order chi connectivity index (χ1) is 6.03. The summed E-state index contributed by atoms with van der Waals surface area (Å²) in [6.45, 7) is 0. The lowest BCUT2D eigenvalue weighted by Gasteiger charge is -2.08. The molecule has 1 rings (SSSR count). The van der Waals surface area contributed by atoms with Crippen LogP contribution in [0.25, 0.3) is 0 Å². The van der Waals surface area contributed by atoms with Crippen molar-refractivity contribution in [2.75, 3.05) is 16.4 Å². The molecule has 1 aromatic rings. The molecule has 0 saturated carbocycles. The van der Waals surface area contributed by atoms with E-state index < -0.39 is 10.0 Å². The van der Waals surface area contributed by atoms with Crippen molar-refractivity contribution in [2.45, 2.75) is 0 Å². The Bertz CT molecular complexity index is 388. The lowest BCUT2D eigenvalue weighted by molar-refractivity contribution is 0.607.